The fourth-order valence-corrected chi connectivity index (χ4v) is 2.17. The number of anilines is 1. The van der Waals surface area contributed by atoms with E-state index in [0.717, 1.165) is 22.6 Å². The molecule has 92 valence electrons. The summed E-state index contributed by atoms with van der Waals surface area (Å²) in [6, 6.07) is 9.38. The van der Waals surface area contributed by atoms with Crippen molar-refractivity contribution in [1.82, 2.24) is 9.55 Å². The predicted octanol–water partition coefficient (Wildman–Crippen LogP) is 3.22. The van der Waals surface area contributed by atoms with Crippen LogP contribution < -0.4 is 5.73 Å². The molecule has 18 heavy (non-hydrogen) atoms. The monoisotopic (exact) mass is 261 g/mol. The van der Waals surface area contributed by atoms with Crippen LogP contribution in [0.25, 0.3) is 11.0 Å². The van der Waals surface area contributed by atoms with Crippen molar-refractivity contribution in [3.8, 4) is 0 Å². The van der Waals surface area contributed by atoms with Crippen molar-refractivity contribution in [2.24, 2.45) is 0 Å². The summed E-state index contributed by atoms with van der Waals surface area (Å²) in [5.41, 5.74) is 7.67. The Kier molecular flexibility index (Phi) is 2.52. The van der Waals surface area contributed by atoms with Gasteiger partial charge in [-0.25, -0.2) is 4.98 Å². The van der Waals surface area contributed by atoms with Crippen LogP contribution in [0.2, 0.25) is 5.02 Å². The molecule has 0 spiro atoms. The number of furan rings is 1. The molecule has 5 heteroatoms. The van der Waals surface area contributed by atoms with E-state index >= 15 is 0 Å². The Labute approximate surface area is 109 Å². The Morgan fingerprint density at radius 1 is 1.33 bits per heavy atom. The molecule has 2 N–H and O–H groups in total. The van der Waals surface area contributed by atoms with E-state index in [1.165, 1.54) is 0 Å². The van der Waals surface area contributed by atoms with E-state index in [-0.39, 0.29) is 0 Å². The predicted molar refractivity (Wildman–Crippen MR) is 71.7 cm³/mol. The molecule has 0 saturated heterocycles. The molecular formula is C13H12ClN3O. The average molecular weight is 262 g/mol. The Balaban J connectivity index is 2.10. The number of halogens is 1. The summed E-state index contributed by atoms with van der Waals surface area (Å²) in [5, 5.41) is 0.666. The summed E-state index contributed by atoms with van der Waals surface area (Å²) in [6.07, 6.45) is 0. The van der Waals surface area contributed by atoms with E-state index in [9.17, 15) is 0 Å². The van der Waals surface area contributed by atoms with Crippen LogP contribution in [0.3, 0.4) is 0 Å². The topological polar surface area (TPSA) is 57.0 Å². The number of aromatic nitrogens is 2. The van der Waals surface area contributed by atoms with Crippen LogP contribution in [-0.4, -0.2) is 9.55 Å². The number of hydrogen-bond donors (Lipinski definition) is 1. The number of aryl methyl sites for hydroxylation is 1. The van der Waals surface area contributed by atoms with Gasteiger partial charge in [0.15, 0.2) is 0 Å². The van der Waals surface area contributed by atoms with Crippen molar-refractivity contribution in [3.05, 3.63) is 46.9 Å². The van der Waals surface area contributed by atoms with Crippen LogP contribution in [0, 0.1) is 6.92 Å². The van der Waals surface area contributed by atoms with E-state index in [2.05, 4.69) is 4.98 Å². The largest absolute Gasteiger partial charge is 0.464 e. The first kappa shape index (κ1) is 11.2. The van der Waals surface area contributed by atoms with Crippen LogP contribution in [0.15, 0.2) is 34.7 Å². The summed E-state index contributed by atoms with van der Waals surface area (Å²) in [6.45, 7) is 2.46. The number of nitrogens with zero attached hydrogens (tertiary/aromatic N) is 2. The molecule has 0 amide bonds. The van der Waals surface area contributed by atoms with Gasteiger partial charge in [-0.15, -0.1) is 0 Å². The number of nitrogen functional groups attached to an aromatic ring is 1. The van der Waals surface area contributed by atoms with Gasteiger partial charge in [-0.05, 0) is 37.3 Å². The number of imidazole rings is 1. The third kappa shape index (κ3) is 1.84. The fraction of sp³-hybridized carbons (Fsp3) is 0.154. The standard InChI is InChI=1S/C13H12ClN3O/c1-8-2-4-10(18-8)7-17-12-6-9(14)3-5-11(12)16-13(17)15/h2-6H,7H2,1H3,(H2,15,16). The maximum atomic E-state index is 6.00. The number of nitrogens with two attached hydrogens (primary N) is 1. The molecule has 0 saturated carbocycles. The smallest absolute Gasteiger partial charge is 0.201 e. The molecule has 1 aromatic carbocycles. The van der Waals surface area contributed by atoms with Gasteiger partial charge in [0, 0.05) is 5.02 Å². The van der Waals surface area contributed by atoms with Crippen molar-refractivity contribution in [2.75, 3.05) is 5.73 Å². The highest BCUT2D eigenvalue weighted by atomic mass is 35.5. The second kappa shape index (κ2) is 4.07. The van der Waals surface area contributed by atoms with Crippen LogP contribution >= 0.6 is 11.6 Å². The third-order valence-electron chi connectivity index (χ3n) is 2.85. The van der Waals surface area contributed by atoms with E-state index in [1.807, 2.05) is 35.8 Å². The minimum atomic E-state index is 0.460. The van der Waals surface area contributed by atoms with E-state index in [1.54, 1.807) is 6.07 Å². The zero-order valence-electron chi connectivity index (χ0n) is 9.85. The number of benzene rings is 1. The second-order valence-electron chi connectivity index (χ2n) is 4.20. The maximum absolute atomic E-state index is 6.00. The molecule has 0 radical (unpaired) electrons. The maximum Gasteiger partial charge on any atom is 0.201 e. The van der Waals surface area contributed by atoms with Crippen LogP contribution in [0.5, 0.6) is 0 Å². The fourth-order valence-electron chi connectivity index (χ4n) is 2.01. The molecule has 0 unspecified atom stereocenters. The van der Waals surface area contributed by atoms with Crippen molar-refractivity contribution in [3.63, 3.8) is 0 Å². The lowest BCUT2D eigenvalue weighted by Gasteiger charge is -2.04. The molecule has 3 rings (SSSR count). The van der Waals surface area contributed by atoms with Gasteiger partial charge in [0.05, 0.1) is 17.6 Å². The summed E-state index contributed by atoms with van der Waals surface area (Å²) >= 11 is 6.00. The minimum Gasteiger partial charge on any atom is -0.464 e. The van der Waals surface area contributed by atoms with Crippen molar-refractivity contribution in [2.45, 2.75) is 13.5 Å². The lowest BCUT2D eigenvalue weighted by molar-refractivity contribution is 0.473. The zero-order valence-corrected chi connectivity index (χ0v) is 10.6. The van der Waals surface area contributed by atoms with E-state index in [4.69, 9.17) is 21.8 Å². The molecule has 0 aliphatic carbocycles. The summed E-state index contributed by atoms with van der Waals surface area (Å²) in [4.78, 5) is 4.30. The minimum absolute atomic E-state index is 0.460. The Hall–Kier alpha value is -1.94. The van der Waals surface area contributed by atoms with Crippen molar-refractivity contribution in [1.29, 1.82) is 0 Å². The molecule has 0 atom stereocenters. The third-order valence-corrected chi connectivity index (χ3v) is 3.08. The van der Waals surface area contributed by atoms with Crippen LogP contribution in [0.1, 0.15) is 11.5 Å². The Bertz CT molecular complexity index is 714. The molecular weight excluding hydrogens is 250 g/mol. The van der Waals surface area contributed by atoms with Gasteiger partial charge in [0.2, 0.25) is 5.95 Å². The normalized spacial score (nSPS) is 11.2. The first-order valence-electron chi connectivity index (χ1n) is 5.60. The van der Waals surface area contributed by atoms with Crippen molar-refractivity contribution < 1.29 is 4.42 Å². The molecule has 0 fully saturated rings. The number of rotatable bonds is 2. The molecule has 2 heterocycles. The van der Waals surface area contributed by atoms with Gasteiger partial charge >= 0.3 is 0 Å². The SMILES string of the molecule is Cc1ccc(Cn2c(N)nc3ccc(Cl)cc32)o1. The average Bonchev–Trinajstić information content (AvgIpc) is 2.86. The molecule has 4 nitrogen and oxygen atoms in total. The second-order valence-corrected chi connectivity index (χ2v) is 4.64. The number of fused-ring (bicyclic) bond motifs is 1. The molecule has 0 bridgehead atoms. The van der Waals surface area contributed by atoms with Gasteiger partial charge in [-0.2, -0.15) is 0 Å². The van der Waals surface area contributed by atoms with Gasteiger partial charge in [0.1, 0.15) is 11.5 Å². The van der Waals surface area contributed by atoms with Gasteiger partial charge in [-0.1, -0.05) is 11.6 Å². The summed E-state index contributed by atoms with van der Waals surface area (Å²) < 4.78 is 7.44. The van der Waals surface area contributed by atoms with E-state index in [0.29, 0.717) is 17.5 Å². The lowest BCUT2D eigenvalue weighted by Crippen LogP contribution is -2.03. The molecule has 0 aliphatic heterocycles. The molecule has 2 aromatic heterocycles. The molecule has 0 aliphatic rings. The quantitative estimate of drug-likeness (QED) is 0.771. The summed E-state index contributed by atoms with van der Waals surface area (Å²) in [7, 11) is 0. The highest BCUT2D eigenvalue weighted by molar-refractivity contribution is 6.31. The molecule has 3 aromatic rings. The lowest BCUT2D eigenvalue weighted by atomic mass is 10.3. The van der Waals surface area contributed by atoms with E-state index < -0.39 is 0 Å². The first-order valence-corrected chi connectivity index (χ1v) is 5.98. The number of hydrogen-bond acceptors (Lipinski definition) is 3. The summed E-state index contributed by atoms with van der Waals surface area (Å²) in [5.74, 6) is 2.19. The zero-order chi connectivity index (χ0) is 12.7. The van der Waals surface area contributed by atoms with Gasteiger partial charge in [0.25, 0.3) is 0 Å². The first-order chi connectivity index (χ1) is 8.63. The van der Waals surface area contributed by atoms with Crippen LogP contribution in [-0.2, 0) is 6.54 Å². The Morgan fingerprint density at radius 3 is 2.89 bits per heavy atom. The highest BCUT2D eigenvalue weighted by Crippen LogP contribution is 2.23. The van der Waals surface area contributed by atoms with Gasteiger partial charge in [-0.3, -0.25) is 0 Å². The highest BCUT2D eigenvalue weighted by Gasteiger charge is 2.10. The Morgan fingerprint density at radius 2 is 2.17 bits per heavy atom. The van der Waals surface area contributed by atoms with Gasteiger partial charge < -0.3 is 14.7 Å². The van der Waals surface area contributed by atoms with Crippen LogP contribution in [0.4, 0.5) is 5.95 Å². The van der Waals surface area contributed by atoms with Crippen molar-refractivity contribution >= 4 is 28.6 Å².